The summed E-state index contributed by atoms with van der Waals surface area (Å²) in [5.74, 6) is -0.234. The van der Waals surface area contributed by atoms with E-state index in [9.17, 15) is 4.79 Å². The number of nitrogens with one attached hydrogen (secondary N) is 2. The summed E-state index contributed by atoms with van der Waals surface area (Å²) in [6, 6.07) is 0. The van der Waals surface area contributed by atoms with Gasteiger partial charge in [0, 0.05) is 25.5 Å². The molecular weight excluding hydrogens is 244 g/mol. The van der Waals surface area contributed by atoms with E-state index in [4.69, 9.17) is 5.73 Å². The van der Waals surface area contributed by atoms with Crippen LogP contribution in [0.5, 0.6) is 0 Å². The zero-order valence-electron chi connectivity index (χ0n) is 11.1. The molecule has 7 heteroatoms. The Morgan fingerprint density at radius 2 is 2.37 bits per heavy atom. The molecule has 0 aromatic carbocycles. The lowest BCUT2D eigenvalue weighted by Crippen LogP contribution is -2.26. The molecule has 0 spiro atoms. The van der Waals surface area contributed by atoms with E-state index in [-0.39, 0.29) is 11.6 Å². The topological polar surface area (TPSA) is 102 Å². The highest BCUT2D eigenvalue weighted by molar-refractivity contribution is 5.96. The Labute approximate surface area is 111 Å². The second-order valence-corrected chi connectivity index (χ2v) is 4.49. The second kappa shape index (κ2) is 5.55. The molecule has 0 saturated carbocycles. The fourth-order valence-electron chi connectivity index (χ4n) is 1.88. The van der Waals surface area contributed by atoms with Gasteiger partial charge in [-0.15, -0.1) is 0 Å². The third-order valence-electron chi connectivity index (χ3n) is 2.91. The lowest BCUT2D eigenvalue weighted by atomic mass is 10.1. The van der Waals surface area contributed by atoms with E-state index in [0.29, 0.717) is 12.2 Å². The Balaban J connectivity index is 1.78. The van der Waals surface area contributed by atoms with Crippen molar-refractivity contribution >= 4 is 11.6 Å². The molecule has 0 atom stereocenters. The summed E-state index contributed by atoms with van der Waals surface area (Å²) in [6.07, 6.45) is 5.15. The van der Waals surface area contributed by atoms with E-state index in [0.717, 1.165) is 18.5 Å². The number of rotatable bonds is 5. The molecule has 2 aromatic rings. The van der Waals surface area contributed by atoms with Crippen LogP contribution in [0, 0.1) is 6.92 Å². The first kappa shape index (κ1) is 13.1. The number of nitrogen functional groups attached to an aromatic ring is 1. The van der Waals surface area contributed by atoms with Gasteiger partial charge in [-0.2, -0.15) is 10.2 Å². The summed E-state index contributed by atoms with van der Waals surface area (Å²) in [6.45, 7) is 2.56. The van der Waals surface area contributed by atoms with Gasteiger partial charge in [0.15, 0.2) is 5.69 Å². The molecule has 2 heterocycles. The molecule has 7 nitrogen and oxygen atoms in total. The second-order valence-electron chi connectivity index (χ2n) is 4.49. The van der Waals surface area contributed by atoms with Crippen LogP contribution in [-0.2, 0) is 13.5 Å². The molecule has 0 aliphatic carbocycles. The van der Waals surface area contributed by atoms with Gasteiger partial charge in [-0.3, -0.25) is 14.6 Å². The minimum Gasteiger partial charge on any atom is -0.396 e. The number of amides is 1. The molecule has 0 aliphatic rings. The van der Waals surface area contributed by atoms with E-state index >= 15 is 0 Å². The number of carbonyl (C=O) groups is 1. The molecule has 1 amide bonds. The van der Waals surface area contributed by atoms with Crippen molar-refractivity contribution < 1.29 is 4.79 Å². The maximum atomic E-state index is 11.8. The molecule has 0 bridgehead atoms. The predicted molar refractivity (Wildman–Crippen MR) is 71.6 cm³/mol. The quantitative estimate of drug-likeness (QED) is 0.679. The van der Waals surface area contributed by atoms with Crippen molar-refractivity contribution in [2.75, 3.05) is 12.3 Å². The molecule has 2 aromatic heterocycles. The normalized spacial score (nSPS) is 10.6. The maximum Gasteiger partial charge on any atom is 0.273 e. The number of nitrogens with two attached hydrogens (primary N) is 1. The largest absolute Gasteiger partial charge is 0.396 e. The van der Waals surface area contributed by atoms with Gasteiger partial charge in [0.05, 0.1) is 11.9 Å². The number of carbonyl (C=O) groups excluding carboxylic acids is 1. The van der Waals surface area contributed by atoms with Gasteiger partial charge >= 0.3 is 0 Å². The Hall–Kier alpha value is -2.31. The van der Waals surface area contributed by atoms with Crippen LogP contribution in [0.15, 0.2) is 12.4 Å². The first-order valence-electron chi connectivity index (χ1n) is 6.14. The highest BCUT2D eigenvalue weighted by Gasteiger charge is 2.13. The third-order valence-corrected chi connectivity index (χ3v) is 2.91. The predicted octanol–water partition coefficient (Wildman–Crippen LogP) is 0.396. The first-order valence-corrected chi connectivity index (χ1v) is 6.14. The van der Waals surface area contributed by atoms with Crippen molar-refractivity contribution in [3.8, 4) is 0 Å². The monoisotopic (exact) mass is 262 g/mol. The number of hydrogen-bond donors (Lipinski definition) is 3. The van der Waals surface area contributed by atoms with Gasteiger partial charge in [0.1, 0.15) is 0 Å². The van der Waals surface area contributed by atoms with Crippen LogP contribution in [0.1, 0.15) is 28.2 Å². The van der Waals surface area contributed by atoms with Gasteiger partial charge in [-0.25, -0.2) is 0 Å². The Morgan fingerprint density at radius 1 is 1.58 bits per heavy atom. The number of aryl methyl sites for hydroxylation is 3. The van der Waals surface area contributed by atoms with Crippen LogP contribution in [0.3, 0.4) is 0 Å². The number of aromatic nitrogens is 4. The van der Waals surface area contributed by atoms with Gasteiger partial charge in [0.2, 0.25) is 0 Å². The van der Waals surface area contributed by atoms with Crippen LogP contribution < -0.4 is 11.1 Å². The minimum atomic E-state index is -0.234. The lowest BCUT2D eigenvalue weighted by Gasteiger charge is -2.03. The van der Waals surface area contributed by atoms with E-state index in [1.807, 2.05) is 13.1 Å². The molecule has 19 heavy (non-hydrogen) atoms. The fraction of sp³-hybridized carbons (Fsp3) is 0.417. The highest BCUT2D eigenvalue weighted by atomic mass is 16.1. The molecular formula is C12H18N6O. The van der Waals surface area contributed by atoms with Crippen LogP contribution in [0.25, 0.3) is 0 Å². The summed E-state index contributed by atoms with van der Waals surface area (Å²) in [7, 11) is 1.73. The van der Waals surface area contributed by atoms with E-state index in [2.05, 4.69) is 20.6 Å². The Bertz CT molecular complexity index is 571. The molecule has 0 saturated heterocycles. The first-order chi connectivity index (χ1) is 9.08. The minimum absolute atomic E-state index is 0.234. The van der Waals surface area contributed by atoms with Gasteiger partial charge < -0.3 is 11.1 Å². The number of nitrogens with zero attached hydrogens (tertiary/aromatic N) is 3. The molecule has 0 fully saturated rings. The number of aromatic amines is 1. The van der Waals surface area contributed by atoms with Gasteiger partial charge in [-0.05, 0) is 25.3 Å². The molecule has 0 aliphatic heterocycles. The van der Waals surface area contributed by atoms with Gasteiger partial charge in [0.25, 0.3) is 5.91 Å². The van der Waals surface area contributed by atoms with E-state index < -0.39 is 0 Å². The average Bonchev–Trinajstić information content (AvgIpc) is 2.91. The zero-order chi connectivity index (χ0) is 13.8. The maximum absolute atomic E-state index is 11.8. The fourth-order valence-corrected chi connectivity index (χ4v) is 1.88. The Kier molecular flexibility index (Phi) is 3.84. The summed E-state index contributed by atoms with van der Waals surface area (Å²) in [4.78, 5) is 11.8. The number of hydrogen-bond acceptors (Lipinski definition) is 4. The standard InChI is InChI=1S/C12H18N6O/c1-8-9(6-15-16-8)4-3-5-14-12(19)11-10(13)7-18(2)17-11/h6-7H,3-5,13H2,1-2H3,(H,14,19)(H,15,16). The van der Waals surface area contributed by atoms with Gasteiger partial charge in [-0.1, -0.05) is 0 Å². The zero-order valence-corrected chi connectivity index (χ0v) is 11.1. The highest BCUT2D eigenvalue weighted by Crippen LogP contribution is 2.08. The summed E-state index contributed by atoms with van der Waals surface area (Å²) in [5, 5.41) is 13.7. The van der Waals surface area contributed by atoms with Crippen molar-refractivity contribution in [2.24, 2.45) is 7.05 Å². The summed E-state index contributed by atoms with van der Waals surface area (Å²) >= 11 is 0. The number of H-pyrrole nitrogens is 1. The molecule has 0 unspecified atom stereocenters. The molecule has 102 valence electrons. The van der Waals surface area contributed by atoms with E-state index in [1.165, 1.54) is 10.2 Å². The lowest BCUT2D eigenvalue weighted by molar-refractivity contribution is 0.0948. The summed E-state index contributed by atoms with van der Waals surface area (Å²) in [5.41, 5.74) is 8.60. The van der Waals surface area contributed by atoms with E-state index in [1.54, 1.807) is 13.2 Å². The number of anilines is 1. The molecule has 4 N–H and O–H groups in total. The van der Waals surface area contributed by atoms with Crippen molar-refractivity contribution in [2.45, 2.75) is 19.8 Å². The van der Waals surface area contributed by atoms with Crippen molar-refractivity contribution in [3.05, 3.63) is 29.3 Å². The van der Waals surface area contributed by atoms with Crippen LogP contribution >= 0.6 is 0 Å². The molecule has 0 radical (unpaired) electrons. The van der Waals surface area contributed by atoms with Crippen LogP contribution in [-0.4, -0.2) is 32.4 Å². The van der Waals surface area contributed by atoms with Crippen molar-refractivity contribution in [1.29, 1.82) is 0 Å². The average molecular weight is 262 g/mol. The van der Waals surface area contributed by atoms with Crippen molar-refractivity contribution in [1.82, 2.24) is 25.3 Å². The van der Waals surface area contributed by atoms with Crippen LogP contribution in [0.2, 0.25) is 0 Å². The van der Waals surface area contributed by atoms with Crippen molar-refractivity contribution in [3.63, 3.8) is 0 Å². The molecule has 2 rings (SSSR count). The Morgan fingerprint density at radius 3 is 2.95 bits per heavy atom. The SMILES string of the molecule is Cc1[nH]ncc1CCCNC(=O)c1nn(C)cc1N. The third kappa shape index (κ3) is 3.12. The smallest absolute Gasteiger partial charge is 0.273 e. The summed E-state index contributed by atoms with van der Waals surface area (Å²) < 4.78 is 1.53. The van der Waals surface area contributed by atoms with Crippen LogP contribution in [0.4, 0.5) is 5.69 Å².